The number of rotatable bonds is 5. The van der Waals surface area contributed by atoms with E-state index in [4.69, 9.17) is 5.73 Å². The lowest BCUT2D eigenvalue weighted by Crippen LogP contribution is -2.39. The molecule has 5 nitrogen and oxygen atoms in total. The minimum absolute atomic E-state index is 0.230. The van der Waals surface area contributed by atoms with Gasteiger partial charge in [-0.15, -0.1) is 0 Å². The molecule has 1 unspecified atom stereocenters. The lowest BCUT2D eigenvalue weighted by Gasteiger charge is -2.10. The third kappa shape index (κ3) is 5.04. The second-order valence-electron chi connectivity index (χ2n) is 3.12. The van der Waals surface area contributed by atoms with Gasteiger partial charge in [0.15, 0.2) is 11.3 Å². The van der Waals surface area contributed by atoms with Crippen LogP contribution >= 0.6 is 9.24 Å². The maximum atomic E-state index is 11.1. The number of hydrogen-bond donors (Lipinski definition) is 2. The van der Waals surface area contributed by atoms with Crippen molar-refractivity contribution in [2.75, 3.05) is 0 Å². The first-order chi connectivity index (χ1) is 6.34. The van der Waals surface area contributed by atoms with Crippen molar-refractivity contribution < 1.29 is 14.4 Å². The number of Topliss-reactive ketones (excluding diaryl/α,β-unsaturated/α-hetero) is 1. The Morgan fingerprint density at radius 1 is 1.36 bits per heavy atom. The third-order valence-corrected chi connectivity index (χ3v) is 2.15. The minimum atomic E-state index is -0.650. The van der Waals surface area contributed by atoms with E-state index in [1.807, 2.05) is 9.24 Å². The zero-order chi connectivity index (χ0) is 11.3. The number of carbonyl (C=O) groups excluding carboxylic acids is 3. The Hall–Kier alpha value is -0.800. The van der Waals surface area contributed by atoms with Crippen LogP contribution in [0, 0.1) is 0 Å². The van der Waals surface area contributed by atoms with Crippen LogP contribution in [0.4, 0.5) is 0 Å². The summed E-state index contributed by atoms with van der Waals surface area (Å²) in [5.41, 5.74) is 5.04. The van der Waals surface area contributed by atoms with Crippen molar-refractivity contribution in [1.82, 2.24) is 5.32 Å². The quantitative estimate of drug-likeness (QED) is 0.467. The van der Waals surface area contributed by atoms with E-state index in [9.17, 15) is 14.4 Å². The van der Waals surface area contributed by atoms with Gasteiger partial charge in [-0.25, -0.2) is 0 Å². The van der Waals surface area contributed by atoms with Crippen LogP contribution in [0.3, 0.4) is 0 Å². The van der Waals surface area contributed by atoms with Crippen LogP contribution in [0.1, 0.15) is 20.3 Å². The molecule has 0 aromatic heterocycles. The number of amides is 1. The average molecular weight is 218 g/mol. The Balaban J connectivity index is 3.99. The maximum absolute atomic E-state index is 11.1. The van der Waals surface area contributed by atoms with E-state index in [2.05, 4.69) is 5.32 Å². The van der Waals surface area contributed by atoms with Gasteiger partial charge in [-0.2, -0.15) is 0 Å². The van der Waals surface area contributed by atoms with Gasteiger partial charge in [0.1, 0.15) is 0 Å². The summed E-state index contributed by atoms with van der Waals surface area (Å²) in [4.78, 5) is 32.9. The summed E-state index contributed by atoms with van der Waals surface area (Å²) in [5.74, 6) is -0.818. The van der Waals surface area contributed by atoms with Gasteiger partial charge < -0.3 is 11.1 Å². The highest BCUT2D eigenvalue weighted by Crippen LogP contribution is 1.95. The van der Waals surface area contributed by atoms with E-state index in [1.165, 1.54) is 6.92 Å². The molecule has 0 aromatic rings. The molecular formula is C8H15N2O3P. The Labute approximate surface area is 85.0 Å². The first-order valence-electron chi connectivity index (χ1n) is 4.21. The molecule has 0 saturated heterocycles. The van der Waals surface area contributed by atoms with Crippen LogP contribution in [0.15, 0.2) is 0 Å². The normalized spacial score (nSPS) is 14.3. The monoisotopic (exact) mass is 218 g/mol. The minimum Gasteiger partial charge on any atom is -0.346 e. The van der Waals surface area contributed by atoms with E-state index < -0.39 is 18.0 Å². The second-order valence-corrected chi connectivity index (χ2v) is 3.69. The number of nitrogens with two attached hydrogens (primary N) is 1. The average Bonchev–Trinajstić information content (AvgIpc) is 2.03. The number of ketones is 1. The summed E-state index contributed by atoms with van der Waals surface area (Å²) < 4.78 is 0. The van der Waals surface area contributed by atoms with Crippen molar-refractivity contribution in [2.45, 2.75) is 32.4 Å². The third-order valence-electron chi connectivity index (χ3n) is 1.65. The second kappa shape index (κ2) is 5.83. The maximum Gasteiger partial charge on any atom is 0.228 e. The van der Waals surface area contributed by atoms with E-state index >= 15 is 0 Å². The zero-order valence-electron chi connectivity index (χ0n) is 8.24. The molecule has 1 amide bonds. The predicted octanol–water partition coefficient (Wildman–Crippen LogP) is -0.801. The molecule has 0 saturated carbocycles. The summed E-state index contributed by atoms with van der Waals surface area (Å²) in [6.45, 7) is 3.06. The molecule has 0 aromatic carbocycles. The van der Waals surface area contributed by atoms with Crippen LogP contribution in [0.2, 0.25) is 0 Å². The fourth-order valence-corrected chi connectivity index (χ4v) is 0.766. The lowest BCUT2D eigenvalue weighted by atomic mass is 10.1. The molecule has 14 heavy (non-hydrogen) atoms. The Bertz CT molecular complexity index is 253. The van der Waals surface area contributed by atoms with Crippen LogP contribution in [0.25, 0.3) is 0 Å². The van der Waals surface area contributed by atoms with Crippen LogP contribution < -0.4 is 11.1 Å². The van der Waals surface area contributed by atoms with Gasteiger partial charge in [0.2, 0.25) is 5.91 Å². The number of nitrogens with one attached hydrogen (secondary N) is 1. The highest BCUT2D eigenvalue weighted by Gasteiger charge is 2.16. The molecule has 3 atom stereocenters. The van der Waals surface area contributed by atoms with E-state index in [0.29, 0.717) is 0 Å². The van der Waals surface area contributed by atoms with Crippen molar-refractivity contribution >= 4 is 26.5 Å². The number of hydrogen-bond acceptors (Lipinski definition) is 4. The van der Waals surface area contributed by atoms with Gasteiger partial charge in [-0.1, -0.05) is 9.24 Å². The molecule has 0 fully saturated rings. The highest BCUT2D eigenvalue weighted by atomic mass is 31.0. The molecule has 0 aliphatic carbocycles. The van der Waals surface area contributed by atoms with Crippen LogP contribution in [-0.4, -0.2) is 29.3 Å². The molecule has 80 valence electrons. The summed E-state index contributed by atoms with van der Waals surface area (Å²) in [7, 11) is 1.96. The van der Waals surface area contributed by atoms with Gasteiger partial charge in [0.25, 0.3) is 0 Å². The predicted molar refractivity (Wildman–Crippen MR) is 55.6 cm³/mol. The Morgan fingerprint density at radius 3 is 2.21 bits per heavy atom. The molecule has 6 heteroatoms. The van der Waals surface area contributed by atoms with E-state index in [1.54, 1.807) is 6.92 Å². The molecule has 3 N–H and O–H groups in total. The number of carbonyl (C=O) groups is 3. The Kier molecular flexibility index (Phi) is 5.50. The molecule has 0 rings (SSSR count). The van der Waals surface area contributed by atoms with Crippen LogP contribution in [0.5, 0.6) is 0 Å². The molecule has 0 spiro atoms. The van der Waals surface area contributed by atoms with Gasteiger partial charge >= 0.3 is 0 Å². The molecule has 0 radical (unpaired) electrons. The highest BCUT2D eigenvalue weighted by molar-refractivity contribution is 7.40. The zero-order valence-corrected chi connectivity index (χ0v) is 9.40. The molecule has 0 aliphatic heterocycles. The fourth-order valence-electron chi connectivity index (χ4n) is 0.683. The van der Waals surface area contributed by atoms with Crippen molar-refractivity contribution in [1.29, 1.82) is 0 Å². The van der Waals surface area contributed by atoms with Crippen molar-refractivity contribution in [3.63, 3.8) is 0 Å². The van der Waals surface area contributed by atoms with Gasteiger partial charge in [0.05, 0.1) is 18.5 Å². The standard InChI is InChI=1S/C8H15N2O3P/c1-4(9)6(11)3-7(12)10-5(2)8(13)14/h4-5H,3,9,14H2,1-2H3,(H,10,12)/t4-,5-/m0/s1. The molecule has 0 bridgehead atoms. The largest absolute Gasteiger partial charge is 0.346 e. The van der Waals surface area contributed by atoms with Gasteiger partial charge in [0, 0.05) is 0 Å². The first-order valence-corrected chi connectivity index (χ1v) is 4.79. The topological polar surface area (TPSA) is 89.3 Å². The molecule has 0 aliphatic rings. The van der Waals surface area contributed by atoms with Crippen molar-refractivity contribution in [3.05, 3.63) is 0 Å². The summed E-state index contributed by atoms with van der Waals surface area (Å²) in [6, 6.07) is -1.24. The summed E-state index contributed by atoms with van der Waals surface area (Å²) >= 11 is 0. The van der Waals surface area contributed by atoms with E-state index in [0.717, 1.165) is 0 Å². The Morgan fingerprint density at radius 2 is 1.86 bits per heavy atom. The fraction of sp³-hybridized carbons (Fsp3) is 0.625. The lowest BCUT2D eigenvalue weighted by molar-refractivity contribution is -0.130. The SMILES string of the molecule is C[C@H](N)C(=O)CC(=O)N[C@@H](C)C(=O)P. The van der Waals surface area contributed by atoms with Gasteiger partial charge in [-0.3, -0.25) is 14.4 Å². The summed E-state index contributed by atoms with van der Waals surface area (Å²) in [5, 5.41) is 2.38. The van der Waals surface area contributed by atoms with Crippen LogP contribution in [-0.2, 0) is 14.4 Å². The first kappa shape index (κ1) is 13.2. The van der Waals surface area contributed by atoms with Crippen molar-refractivity contribution in [3.8, 4) is 0 Å². The summed E-state index contributed by atoms with van der Waals surface area (Å²) in [6.07, 6.45) is -0.278. The van der Waals surface area contributed by atoms with Gasteiger partial charge in [-0.05, 0) is 13.8 Å². The van der Waals surface area contributed by atoms with E-state index in [-0.39, 0.29) is 17.7 Å². The van der Waals surface area contributed by atoms with Crippen molar-refractivity contribution in [2.24, 2.45) is 5.73 Å². The molecular weight excluding hydrogens is 203 g/mol. The molecule has 0 heterocycles. The smallest absolute Gasteiger partial charge is 0.228 e.